The molecule has 0 radical (unpaired) electrons. The highest BCUT2D eigenvalue weighted by atomic mass is 79.9. The van der Waals surface area contributed by atoms with Crippen LogP contribution in [-0.4, -0.2) is 74.4 Å². The van der Waals surface area contributed by atoms with E-state index in [2.05, 4.69) is 20.8 Å². The molecule has 1 aromatic carbocycles. The predicted molar refractivity (Wildman–Crippen MR) is 101 cm³/mol. The summed E-state index contributed by atoms with van der Waals surface area (Å²) in [6, 6.07) is 5.64. The lowest BCUT2D eigenvalue weighted by Crippen LogP contribution is -2.48. The summed E-state index contributed by atoms with van der Waals surface area (Å²) >= 11 is 9.74. The lowest BCUT2D eigenvalue weighted by atomic mass is 10.0. The Bertz CT molecular complexity index is 590. The number of benzene rings is 1. The summed E-state index contributed by atoms with van der Waals surface area (Å²) in [6.45, 7) is 6.35. The lowest BCUT2D eigenvalue weighted by Gasteiger charge is -2.36. The molecule has 7 heteroatoms. The van der Waals surface area contributed by atoms with Gasteiger partial charge >= 0.3 is 0 Å². The Hall–Kier alpha value is -0.660. The number of carbonyl (C=O) groups excluding carboxylic acids is 1. The van der Waals surface area contributed by atoms with Crippen LogP contribution in [0.2, 0.25) is 5.02 Å². The molecule has 25 heavy (non-hydrogen) atoms. The van der Waals surface area contributed by atoms with Crippen LogP contribution in [-0.2, 0) is 9.47 Å². The fourth-order valence-electron chi connectivity index (χ4n) is 3.34. The molecule has 0 unspecified atom stereocenters. The molecule has 2 aliphatic heterocycles. The Morgan fingerprint density at radius 1 is 1.20 bits per heavy atom. The number of morpholine rings is 1. The molecule has 2 heterocycles. The first kappa shape index (κ1) is 19.1. The summed E-state index contributed by atoms with van der Waals surface area (Å²) in [7, 11) is 0. The van der Waals surface area contributed by atoms with E-state index in [9.17, 15) is 4.79 Å². The van der Waals surface area contributed by atoms with Gasteiger partial charge in [0.15, 0.2) is 0 Å². The number of hydrogen-bond acceptors (Lipinski definition) is 4. The molecular formula is C18H24BrClN2O3. The summed E-state index contributed by atoms with van der Waals surface area (Å²) in [5.74, 6) is 0.00598. The van der Waals surface area contributed by atoms with Crippen LogP contribution in [0.5, 0.6) is 0 Å². The molecule has 0 bridgehead atoms. The van der Waals surface area contributed by atoms with E-state index in [4.69, 9.17) is 21.1 Å². The third kappa shape index (κ3) is 5.17. The Morgan fingerprint density at radius 3 is 2.60 bits per heavy atom. The van der Waals surface area contributed by atoms with Gasteiger partial charge in [0.05, 0.1) is 23.8 Å². The third-order valence-electron chi connectivity index (χ3n) is 4.81. The van der Waals surface area contributed by atoms with E-state index in [0.717, 1.165) is 50.2 Å². The first-order chi connectivity index (χ1) is 12.1. The van der Waals surface area contributed by atoms with Crippen molar-refractivity contribution >= 4 is 33.4 Å². The Balaban J connectivity index is 1.74. The van der Waals surface area contributed by atoms with Gasteiger partial charge < -0.3 is 14.4 Å². The molecule has 1 amide bonds. The number of amides is 1. The van der Waals surface area contributed by atoms with E-state index in [1.54, 1.807) is 6.07 Å². The van der Waals surface area contributed by atoms with Crippen LogP contribution in [0.1, 0.15) is 23.2 Å². The maximum Gasteiger partial charge on any atom is 0.255 e. The normalized spacial score (nSPS) is 19.8. The van der Waals surface area contributed by atoms with Crippen molar-refractivity contribution in [2.75, 3.05) is 52.6 Å². The molecule has 3 rings (SSSR count). The van der Waals surface area contributed by atoms with Gasteiger partial charge in [-0.05, 0) is 31.0 Å². The van der Waals surface area contributed by atoms with Crippen LogP contribution in [0.15, 0.2) is 22.7 Å². The largest absolute Gasteiger partial charge is 0.381 e. The highest BCUT2D eigenvalue weighted by molar-refractivity contribution is 9.10. The summed E-state index contributed by atoms with van der Waals surface area (Å²) in [5.41, 5.74) is 0.560. The van der Waals surface area contributed by atoms with Crippen molar-refractivity contribution < 1.29 is 14.3 Å². The number of ether oxygens (including phenoxy) is 2. The first-order valence-electron chi connectivity index (χ1n) is 8.79. The maximum absolute atomic E-state index is 13.2. The zero-order valence-electron chi connectivity index (χ0n) is 14.3. The van der Waals surface area contributed by atoms with Crippen LogP contribution in [0.3, 0.4) is 0 Å². The van der Waals surface area contributed by atoms with Crippen molar-refractivity contribution in [3.63, 3.8) is 0 Å². The van der Waals surface area contributed by atoms with Crippen molar-refractivity contribution in [3.8, 4) is 0 Å². The van der Waals surface area contributed by atoms with E-state index in [0.29, 0.717) is 30.3 Å². The SMILES string of the molecule is O=C(c1cc(Br)ccc1Cl)N(CCN1CCOCC1)C1CCOCC1. The first-order valence-corrected chi connectivity index (χ1v) is 9.96. The van der Waals surface area contributed by atoms with Crippen molar-refractivity contribution in [3.05, 3.63) is 33.3 Å². The monoisotopic (exact) mass is 430 g/mol. The van der Waals surface area contributed by atoms with E-state index in [1.807, 2.05) is 17.0 Å². The fourth-order valence-corrected chi connectivity index (χ4v) is 3.90. The highest BCUT2D eigenvalue weighted by Gasteiger charge is 2.28. The molecule has 5 nitrogen and oxygen atoms in total. The number of rotatable bonds is 5. The van der Waals surface area contributed by atoms with Gasteiger partial charge in [-0.1, -0.05) is 27.5 Å². The van der Waals surface area contributed by atoms with Crippen LogP contribution in [0.4, 0.5) is 0 Å². The predicted octanol–water partition coefficient (Wildman–Crippen LogP) is 3.06. The van der Waals surface area contributed by atoms with Gasteiger partial charge in [0, 0.05) is 49.9 Å². The molecule has 0 aliphatic carbocycles. The number of halogens is 2. The van der Waals surface area contributed by atoms with Crippen molar-refractivity contribution in [1.82, 2.24) is 9.80 Å². The molecule has 2 saturated heterocycles. The zero-order chi connectivity index (χ0) is 17.6. The summed E-state index contributed by atoms with van der Waals surface area (Å²) in [6.07, 6.45) is 1.75. The highest BCUT2D eigenvalue weighted by Crippen LogP contribution is 2.25. The van der Waals surface area contributed by atoms with Crippen LogP contribution in [0, 0.1) is 0 Å². The number of hydrogen-bond donors (Lipinski definition) is 0. The molecule has 0 spiro atoms. The van der Waals surface area contributed by atoms with E-state index in [1.165, 1.54) is 0 Å². The standard InChI is InChI=1S/C18H24BrClN2O3/c19-14-1-2-17(20)16(13-14)18(23)22(15-3-9-24-10-4-15)6-5-21-7-11-25-12-8-21/h1-2,13,15H,3-12H2. The number of carbonyl (C=O) groups is 1. The van der Waals surface area contributed by atoms with Crippen molar-refractivity contribution in [2.24, 2.45) is 0 Å². The number of nitrogens with zero attached hydrogens (tertiary/aromatic N) is 2. The van der Waals surface area contributed by atoms with Crippen LogP contribution in [0.25, 0.3) is 0 Å². The molecule has 0 aromatic heterocycles. The summed E-state index contributed by atoms with van der Waals surface area (Å²) < 4.78 is 11.7. The van der Waals surface area contributed by atoms with Gasteiger partial charge in [0.2, 0.25) is 0 Å². The maximum atomic E-state index is 13.2. The topological polar surface area (TPSA) is 42.0 Å². The molecule has 1 aromatic rings. The van der Waals surface area contributed by atoms with Gasteiger partial charge in [-0.2, -0.15) is 0 Å². The quantitative estimate of drug-likeness (QED) is 0.718. The zero-order valence-corrected chi connectivity index (χ0v) is 16.6. The van der Waals surface area contributed by atoms with E-state index >= 15 is 0 Å². The van der Waals surface area contributed by atoms with Crippen molar-refractivity contribution in [2.45, 2.75) is 18.9 Å². The Morgan fingerprint density at radius 2 is 1.88 bits per heavy atom. The van der Waals surface area contributed by atoms with Crippen LogP contribution < -0.4 is 0 Å². The molecule has 0 N–H and O–H groups in total. The minimum Gasteiger partial charge on any atom is -0.381 e. The van der Waals surface area contributed by atoms with Gasteiger partial charge in [-0.15, -0.1) is 0 Å². The van der Waals surface area contributed by atoms with Gasteiger partial charge in [0.25, 0.3) is 5.91 Å². The molecule has 0 saturated carbocycles. The average molecular weight is 432 g/mol. The Labute approximate surface area is 162 Å². The summed E-state index contributed by atoms with van der Waals surface area (Å²) in [5, 5.41) is 0.497. The fraction of sp³-hybridized carbons (Fsp3) is 0.611. The molecule has 0 atom stereocenters. The minimum atomic E-state index is 0.00598. The van der Waals surface area contributed by atoms with Gasteiger partial charge in [-0.25, -0.2) is 0 Å². The van der Waals surface area contributed by atoms with E-state index in [-0.39, 0.29) is 11.9 Å². The second kappa shape index (κ2) is 9.33. The average Bonchev–Trinajstić information content (AvgIpc) is 2.65. The summed E-state index contributed by atoms with van der Waals surface area (Å²) in [4.78, 5) is 17.6. The Kier molecular flexibility index (Phi) is 7.13. The molecule has 2 fully saturated rings. The third-order valence-corrected chi connectivity index (χ3v) is 5.63. The van der Waals surface area contributed by atoms with Gasteiger partial charge in [0.1, 0.15) is 0 Å². The van der Waals surface area contributed by atoms with E-state index < -0.39 is 0 Å². The molecule has 2 aliphatic rings. The molecule has 138 valence electrons. The van der Waals surface area contributed by atoms with Crippen molar-refractivity contribution in [1.29, 1.82) is 0 Å². The second-order valence-corrected chi connectivity index (χ2v) is 7.74. The van der Waals surface area contributed by atoms with Crippen LogP contribution >= 0.6 is 27.5 Å². The smallest absolute Gasteiger partial charge is 0.255 e. The lowest BCUT2D eigenvalue weighted by molar-refractivity contribution is 0.0141. The molecular weight excluding hydrogens is 408 g/mol. The minimum absolute atomic E-state index is 0.00598. The van der Waals surface area contributed by atoms with Gasteiger partial charge in [-0.3, -0.25) is 9.69 Å². The second-order valence-electron chi connectivity index (χ2n) is 6.42.